The molecule has 0 fully saturated rings. The van der Waals surface area contributed by atoms with E-state index in [1.165, 1.54) is 0 Å². The number of nitrogens with zero attached hydrogens (tertiary/aromatic N) is 2. The lowest BCUT2D eigenvalue weighted by Crippen LogP contribution is -2.31. The average Bonchev–Trinajstić information content (AvgIpc) is 3.00. The third-order valence-corrected chi connectivity index (χ3v) is 11.0. The summed E-state index contributed by atoms with van der Waals surface area (Å²) in [6.45, 7) is 21.9. The zero-order valence-electron chi connectivity index (χ0n) is 33.6. The number of phenolic OH excluding ortho intramolecular Hbond substituents is 1. The molecule has 0 spiro atoms. The minimum absolute atomic E-state index is 0.225. The van der Waals surface area contributed by atoms with E-state index in [0.29, 0.717) is 30.5 Å². The van der Waals surface area contributed by atoms with Gasteiger partial charge in [0, 0.05) is 45.7 Å². The fourth-order valence-corrected chi connectivity index (χ4v) is 8.32. The van der Waals surface area contributed by atoms with Gasteiger partial charge < -0.3 is 38.6 Å². The van der Waals surface area contributed by atoms with Crippen LogP contribution in [-0.4, -0.2) is 90.7 Å². The summed E-state index contributed by atoms with van der Waals surface area (Å²) in [4.78, 5) is 4.22. The number of ether oxygens (including phenoxy) is 5. The van der Waals surface area contributed by atoms with Gasteiger partial charge >= 0.3 is 0 Å². The van der Waals surface area contributed by atoms with Gasteiger partial charge in [-0.25, -0.2) is 0 Å². The van der Waals surface area contributed by atoms with Crippen molar-refractivity contribution in [2.45, 2.75) is 78.6 Å². The van der Waals surface area contributed by atoms with Gasteiger partial charge in [-0.3, -0.25) is 0 Å². The van der Waals surface area contributed by atoms with Crippen LogP contribution in [0.2, 0.25) is 0 Å². The molecule has 9 heteroatoms. The molecule has 0 amide bonds. The molecule has 0 saturated heterocycles. The van der Waals surface area contributed by atoms with E-state index in [4.69, 9.17) is 23.7 Å². The predicted molar refractivity (Wildman–Crippen MR) is 211 cm³/mol. The Hall–Kier alpha value is -3.19. The largest absolute Gasteiger partial charge is 0.507 e. The summed E-state index contributed by atoms with van der Waals surface area (Å²) in [6.07, 6.45) is 0. The van der Waals surface area contributed by atoms with E-state index in [1.54, 1.807) is 21.3 Å². The zero-order valence-corrected chi connectivity index (χ0v) is 34.5. The first-order chi connectivity index (χ1) is 23.1. The molecule has 50 heavy (non-hydrogen) atoms. The van der Waals surface area contributed by atoms with Crippen molar-refractivity contribution < 1.29 is 28.8 Å². The summed E-state index contributed by atoms with van der Waals surface area (Å²) in [5.41, 5.74) is 1.88. The van der Waals surface area contributed by atoms with Gasteiger partial charge in [0.1, 0.15) is 47.7 Å². The maximum absolute atomic E-state index is 12.4. The smallest absolute Gasteiger partial charge is 0.131 e. The minimum atomic E-state index is -1.60. The Kier molecular flexibility index (Phi) is 13.6. The van der Waals surface area contributed by atoms with Gasteiger partial charge in [-0.1, -0.05) is 62.3 Å². The first-order valence-corrected chi connectivity index (χ1v) is 18.7. The van der Waals surface area contributed by atoms with Crippen LogP contribution in [-0.2, 0) is 16.2 Å². The third-order valence-electron chi connectivity index (χ3n) is 8.57. The summed E-state index contributed by atoms with van der Waals surface area (Å²) in [7, 11) is 11.6. The molecule has 0 saturated carbocycles. The Morgan fingerprint density at radius 2 is 0.840 bits per heavy atom. The highest BCUT2D eigenvalue weighted by atomic mass is 31.1. The van der Waals surface area contributed by atoms with Crippen molar-refractivity contribution in [2.75, 3.05) is 75.8 Å². The summed E-state index contributed by atoms with van der Waals surface area (Å²) < 4.78 is 31.7. The van der Waals surface area contributed by atoms with E-state index in [9.17, 15) is 5.11 Å². The van der Waals surface area contributed by atoms with E-state index < -0.39 is 7.92 Å². The first kappa shape index (κ1) is 41.2. The topological polar surface area (TPSA) is 72.9 Å². The summed E-state index contributed by atoms with van der Waals surface area (Å²) >= 11 is 0. The van der Waals surface area contributed by atoms with Crippen molar-refractivity contribution in [2.24, 2.45) is 0 Å². The van der Waals surface area contributed by atoms with E-state index in [1.807, 2.05) is 40.3 Å². The second-order valence-electron chi connectivity index (χ2n) is 16.5. The highest BCUT2D eigenvalue weighted by Gasteiger charge is 2.36. The highest BCUT2D eigenvalue weighted by molar-refractivity contribution is 7.80. The molecule has 0 aliphatic heterocycles. The van der Waals surface area contributed by atoms with Gasteiger partial charge in [0.05, 0.1) is 21.3 Å². The van der Waals surface area contributed by atoms with Crippen LogP contribution in [0.25, 0.3) is 0 Å². The van der Waals surface area contributed by atoms with Gasteiger partial charge in [0.15, 0.2) is 0 Å². The molecule has 8 nitrogen and oxygen atoms in total. The number of likely N-dealkylation sites (N-methyl/N-ethyl adjacent to an activating group) is 2. The van der Waals surface area contributed by atoms with Crippen LogP contribution in [0, 0.1) is 0 Å². The van der Waals surface area contributed by atoms with Crippen molar-refractivity contribution in [1.29, 1.82) is 0 Å². The van der Waals surface area contributed by atoms with E-state index in [0.717, 1.165) is 57.2 Å². The highest BCUT2D eigenvalue weighted by Crippen LogP contribution is 2.50. The van der Waals surface area contributed by atoms with Crippen LogP contribution in [0.3, 0.4) is 0 Å². The van der Waals surface area contributed by atoms with Gasteiger partial charge in [0.25, 0.3) is 0 Å². The molecule has 0 atom stereocenters. The Bertz CT molecular complexity index is 1520. The van der Waals surface area contributed by atoms with Gasteiger partial charge in [0.2, 0.25) is 0 Å². The minimum Gasteiger partial charge on any atom is -0.507 e. The van der Waals surface area contributed by atoms with Crippen molar-refractivity contribution in [3.8, 4) is 34.5 Å². The maximum atomic E-state index is 12.4. The van der Waals surface area contributed by atoms with Crippen molar-refractivity contribution in [3.05, 3.63) is 53.1 Å². The van der Waals surface area contributed by atoms with Crippen molar-refractivity contribution in [3.63, 3.8) is 0 Å². The molecule has 0 aliphatic rings. The fourth-order valence-electron chi connectivity index (χ4n) is 5.66. The van der Waals surface area contributed by atoms with Crippen LogP contribution in [0.15, 0.2) is 36.4 Å². The molecular weight excluding hydrogens is 647 g/mol. The normalized spacial score (nSPS) is 12.5. The Labute approximate surface area is 303 Å². The third kappa shape index (κ3) is 9.98. The van der Waals surface area contributed by atoms with Crippen LogP contribution >= 0.6 is 7.92 Å². The quantitative estimate of drug-likeness (QED) is 0.180. The molecule has 3 rings (SSSR count). The number of methoxy groups -OCH3 is 3. The van der Waals surface area contributed by atoms with E-state index in [-0.39, 0.29) is 22.0 Å². The Morgan fingerprint density at radius 1 is 0.520 bits per heavy atom. The zero-order chi connectivity index (χ0) is 37.8. The lowest BCUT2D eigenvalue weighted by Gasteiger charge is -2.33. The van der Waals surface area contributed by atoms with E-state index >= 15 is 0 Å². The number of phenols is 1. The predicted octanol–water partition coefficient (Wildman–Crippen LogP) is 6.95. The Balaban J connectivity index is 2.69. The van der Waals surface area contributed by atoms with Crippen LogP contribution < -0.4 is 39.6 Å². The monoisotopic (exact) mass is 710 g/mol. The second kappa shape index (κ2) is 16.4. The van der Waals surface area contributed by atoms with Gasteiger partial charge in [-0.15, -0.1) is 0 Å². The molecule has 0 aliphatic carbocycles. The van der Waals surface area contributed by atoms with Crippen LogP contribution in [0.5, 0.6) is 34.5 Å². The first-order valence-electron chi connectivity index (χ1n) is 17.4. The molecule has 0 heterocycles. The lowest BCUT2D eigenvalue weighted by molar-refractivity contribution is 0.258. The number of hydrogen-bond acceptors (Lipinski definition) is 8. The van der Waals surface area contributed by atoms with Crippen molar-refractivity contribution in [1.82, 2.24) is 9.80 Å². The standard InChI is InChI=1S/C41H63N2O6P/c1-39(2,3)30-21-27(45-14)24-33(36(30)44)50(34-25-28(46-15)22-31(40(4,5)6)37(34)48-19-17-42(10)11)35-26-29(47-16)23-32(41(7,8)9)38(35)49-20-18-43(12)13/h21-26,44H,17-20H2,1-16H3. The molecule has 0 aromatic heterocycles. The molecule has 3 aromatic carbocycles. The van der Waals surface area contributed by atoms with Gasteiger partial charge in [-0.2, -0.15) is 0 Å². The molecule has 3 aromatic rings. The SMILES string of the molecule is COc1cc(P(c2cc(OC)cc(C(C)(C)C)c2OCCN(C)C)c2cc(OC)cc(C(C)(C)C)c2OCCN(C)C)c(O)c(C(C)(C)C)c1. The average molecular weight is 711 g/mol. The molecule has 0 radical (unpaired) electrons. The van der Waals surface area contributed by atoms with Gasteiger partial charge in [-0.05, 0) is 88.8 Å². The molecule has 0 bridgehead atoms. The molecule has 278 valence electrons. The number of aromatic hydroxyl groups is 1. The number of rotatable bonds is 14. The lowest BCUT2D eigenvalue weighted by atomic mass is 9.86. The van der Waals surface area contributed by atoms with Crippen LogP contribution in [0.1, 0.15) is 79.0 Å². The molecular formula is C41H63N2O6P. The number of benzene rings is 3. The maximum Gasteiger partial charge on any atom is 0.131 e. The van der Waals surface area contributed by atoms with Crippen LogP contribution in [0.4, 0.5) is 0 Å². The Morgan fingerprint density at radius 3 is 1.14 bits per heavy atom. The number of hydrogen-bond donors (Lipinski definition) is 1. The molecule has 0 unspecified atom stereocenters. The second-order valence-corrected chi connectivity index (χ2v) is 18.6. The molecule has 1 N–H and O–H groups in total. The summed E-state index contributed by atoms with van der Waals surface area (Å²) in [5, 5.41) is 15.0. The fraction of sp³-hybridized carbons (Fsp3) is 0.561. The summed E-state index contributed by atoms with van der Waals surface area (Å²) in [5.74, 6) is 3.88. The van der Waals surface area contributed by atoms with Crippen molar-refractivity contribution >= 4 is 23.8 Å². The van der Waals surface area contributed by atoms with E-state index in [2.05, 4.69) is 96.4 Å². The summed E-state index contributed by atoms with van der Waals surface area (Å²) in [6, 6.07) is 12.2.